The fraction of sp³-hybridized carbons (Fsp3) is 0.240. The van der Waals surface area contributed by atoms with Gasteiger partial charge >= 0.3 is 6.03 Å². The van der Waals surface area contributed by atoms with Crippen LogP contribution >= 0.6 is 0 Å². The number of urea groups is 1. The molecule has 2 N–H and O–H groups in total. The number of nitrogens with zero attached hydrogens (tertiary/aromatic N) is 5. The molecule has 3 aromatic heterocycles. The lowest BCUT2D eigenvalue weighted by Crippen LogP contribution is -2.41. The molecule has 1 atom stereocenters. The molecule has 4 aromatic rings. The average molecular weight is 458 g/mol. The summed E-state index contributed by atoms with van der Waals surface area (Å²) in [5.74, 6) is 0.155. The van der Waals surface area contributed by atoms with Crippen molar-refractivity contribution in [1.29, 1.82) is 5.26 Å². The van der Waals surface area contributed by atoms with E-state index in [1.165, 1.54) is 6.07 Å². The van der Waals surface area contributed by atoms with E-state index in [9.17, 15) is 9.18 Å². The summed E-state index contributed by atoms with van der Waals surface area (Å²) in [6, 6.07) is 13.4. The summed E-state index contributed by atoms with van der Waals surface area (Å²) in [6.45, 7) is 5.59. The normalized spacial score (nSPS) is 11.9. The Morgan fingerprint density at radius 3 is 2.74 bits per heavy atom. The van der Waals surface area contributed by atoms with Gasteiger partial charge < -0.3 is 5.32 Å². The lowest BCUT2D eigenvalue weighted by molar-refractivity contribution is 0.244. The van der Waals surface area contributed by atoms with Gasteiger partial charge in [-0.05, 0) is 60.9 Å². The van der Waals surface area contributed by atoms with Crippen molar-refractivity contribution in [2.75, 3.05) is 5.32 Å². The molecule has 3 heterocycles. The van der Waals surface area contributed by atoms with Gasteiger partial charge in [0, 0.05) is 29.6 Å². The Morgan fingerprint density at radius 2 is 2.00 bits per heavy atom. The average Bonchev–Trinajstić information content (AvgIpc) is 3.20. The van der Waals surface area contributed by atoms with Gasteiger partial charge in [0.15, 0.2) is 5.65 Å². The number of carbonyl (C=O) groups is 1. The lowest BCUT2D eigenvalue weighted by Gasteiger charge is -2.19. The van der Waals surface area contributed by atoms with Gasteiger partial charge in [0.2, 0.25) is 0 Å². The van der Waals surface area contributed by atoms with Crippen LogP contribution in [0.4, 0.5) is 15.0 Å². The number of rotatable bonds is 6. The third-order valence-corrected chi connectivity index (χ3v) is 5.53. The van der Waals surface area contributed by atoms with Crippen LogP contribution in [0.5, 0.6) is 0 Å². The molecular weight excluding hydrogens is 433 g/mol. The number of anilines is 1. The fourth-order valence-corrected chi connectivity index (χ4v) is 3.66. The Balaban J connectivity index is 1.71. The van der Waals surface area contributed by atoms with Gasteiger partial charge in [-0.3, -0.25) is 5.32 Å². The van der Waals surface area contributed by atoms with Gasteiger partial charge in [-0.15, -0.1) is 0 Å². The minimum atomic E-state index is -0.441. The van der Waals surface area contributed by atoms with Gasteiger partial charge in [0.25, 0.3) is 0 Å². The first-order valence-electron chi connectivity index (χ1n) is 10.9. The van der Waals surface area contributed by atoms with Gasteiger partial charge in [-0.2, -0.15) is 10.4 Å². The predicted octanol–water partition coefficient (Wildman–Crippen LogP) is 4.97. The van der Waals surface area contributed by atoms with E-state index in [0.717, 1.165) is 11.1 Å². The van der Waals surface area contributed by atoms with E-state index in [-0.39, 0.29) is 24.2 Å². The standard InChI is InChI=1S/C25H24FN7O/c1-15(2)20(8-10-27)30-25(34)31-21-14-18(9-12-28-21)24-23(17-6-7-19(26)16(3)13-17)32-22-5-4-11-29-33(22)24/h4-7,9,11-15,20H,8H2,1-3H3,(H2,28,30,31,34). The number of imidazole rings is 1. The number of benzene rings is 1. The molecule has 4 rings (SSSR count). The molecule has 0 saturated carbocycles. The number of nitrogens with one attached hydrogen (secondary N) is 2. The minimum Gasteiger partial charge on any atom is -0.334 e. The van der Waals surface area contributed by atoms with Crippen LogP contribution in [0.2, 0.25) is 0 Å². The van der Waals surface area contributed by atoms with Gasteiger partial charge in [0.1, 0.15) is 17.3 Å². The SMILES string of the molecule is Cc1cc(-c2nc3cccnn3c2-c2ccnc(NC(=O)NC(CC#N)C(C)C)c2)ccc1F. The number of fused-ring (bicyclic) bond motifs is 1. The van der Waals surface area contributed by atoms with Crippen molar-refractivity contribution in [3.05, 3.63) is 66.2 Å². The zero-order chi connectivity index (χ0) is 24.2. The highest BCUT2D eigenvalue weighted by Gasteiger charge is 2.19. The van der Waals surface area contributed by atoms with E-state index >= 15 is 0 Å². The second-order valence-electron chi connectivity index (χ2n) is 8.31. The number of halogens is 1. The van der Waals surface area contributed by atoms with Crippen molar-refractivity contribution in [2.45, 2.75) is 33.2 Å². The van der Waals surface area contributed by atoms with Gasteiger partial charge in [-0.25, -0.2) is 23.7 Å². The molecule has 2 amide bonds. The molecular formula is C25H24FN7O. The molecule has 9 heteroatoms. The summed E-state index contributed by atoms with van der Waals surface area (Å²) in [6.07, 6.45) is 3.46. The predicted molar refractivity (Wildman–Crippen MR) is 127 cm³/mol. The molecule has 0 radical (unpaired) electrons. The van der Waals surface area contributed by atoms with Crippen molar-refractivity contribution in [3.63, 3.8) is 0 Å². The van der Waals surface area contributed by atoms with Crippen molar-refractivity contribution in [3.8, 4) is 28.6 Å². The zero-order valence-electron chi connectivity index (χ0n) is 19.1. The summed E-state index contributed by atoms with van der Waals surface area (Å²) in [5.41, 5.74) is 3.95. The minimum absolute atomic E-state index is 0.107. The van der Waals surface area contributed by atoms with Crippen LogP contribution < -0.4 is 10.6 Å². The quantitative estimate of drug-likeness (QED) is 0.425. The largest absolute Gasteiger partial charge is 0.334 e. The molecule has 0 saturated heterocycles. The van der Waals surface area contributed by atoms with E-state index in [1.807, 2.05) is 19.9 Å². The van der Waals surface area contributed by atoms with Crippen LogP contribution in [0.15, 0.2) is 54.9 Å². The Kier molecular flexibility index (Phi) is 6.50. The fourth-order valence-electron chi connectivity index (χ4n) is 3.66. The highest BCUT2D eigenvalue weighted by molar-refractivity contribution is 5.90. The van der Waals surface area contributed by atoms with Crippen LogP contribution in [-0.4, -0.2) is 31.7 Å². The molecule has 0 fully saturated rings. The Morgan fingerprint density at radius 1 is 1.18 bits per heavy atom. The Hall–Kier alpha value is -4.32. The number of amides is 2. The maximum atomic E-state index is 13.9. The van der Waals surface area contributed by atoms with Crippen molar-refractivity contribution in [1.82, 2.24) is 24.9 Å². The number of aromatic nitrogens is 4. The molecule has 0 aliphatic carbocycles. The number of nitriles is 1. The second kappa shape index (κ2) is 9.67. The van der Waals surface area contributed by atoms with Crippen molar-refractivity contribution >= 4 is 17.5 Å². The third kappa shape index (κ3) is 4.71. The molecule has 1 unspecified atom stereocenters. The Labute approximate surface area is 196 Å². The monoisotopic (exact) mass is 457 g/mol. The van der Waals surface area contributed by atoms with Gasteiger partial charge in [-0.1, -0.05) is 13.8 Å². The van der Waals surface area contributed by atoms with E-state index in [2.05, 4.69) is 26.8 Å². The molecule has 0 aliphatic rings. The molecule has 0 aliphatic heterocycles. The number of pyridine rings is 1. The van der Waals surface area contributed by atoms with Crippen LogP contribution in [0.25, 0.3) is 28.2 Å². The summed E-state index contributed by atoms with van der Waals surface area (Å²) in [5, 5.41) is 19.0. The topological polar surface area (TPSA) is 108 Å². The molecule has 0 spiro atoms. The number of hydrogen-bond acceptors (Lipinski definition) is 5. The zero-order valence-corrected chi connectivity index (χ0v) is 19.1. The van der Waals surface area contributed by atoms with E-state index in [1.54, 1.807) is 54.2 Å². The lowest BCUT2D eigenvalue weighted by atomic mass is 10.0. The van der Waals surface area contributed by atoms with Crippen LogP contribution in [-0.2, 0) is 0 Å². The summed E-state index contributed by atoms with van der Waals surface area (Å²) >= 11 is 0. The first-order valence-corrected chi connectivity index (χ1v) is 10.9. The van der Waals surface area contributed by atoms with Crippen LogP contribution in [0, 0.1) is 30.0 Å². The van der Waals surface area contributed by atoms with Crippen LogP contribution in [0.1, 0.15) is 25.8 Å². The molecule has 172 valence electrons. The van der Waals surface area contributed by atoms with Gasteiger partial charge in [0.05, 0.1) is 18.2 Å². The maximum absolute atomic E-state index is 13.9. The second-order valence-corrected chi connectivity index (χ2v) is 8.31. The summed E-state index contributed by atoms with van der Waals surface area (Å²) < 4.78 is 15.6. The smallest absolute Gasteiger partial charge is 0.320 e. The molecule has 8 nitrogen and oxygen atoms in total. The Bertz CT molecular complexity index is 1390. The first kappa shape index (κ1) is 22.9. The number of aryl methyl sites for hydroxylation is 1. The van der Waals surface area contributed by atoms with Crippen molar-refractivity contribution < 1.29 is 9.18 Å². The first-order chi connectivity index (χ1) is 16.4. The number of carbonyl (C=O) groups excluding carboxylic acids is 1. The molecule has 0 bridgehead atoms. The summed E-state index contributed by atoms with van der Waals surface area (Å²) in [7, 11) is 0. The highest BCUT2D eigenvalue weighted by atomic mass is 19.1. The van der Waals surface area contributed by atoms with E-state index in [0.29, 0.717) is 28.4 Å². The van der Waals surface area contributed by atoms with Crippen molar-refractivity contribution in [2.24, 2.45) is 5.92 Å². The number of hydrogen-bond donors (Lipinski definition) is 2. The highest BCUT2D eigenvalue weighted by Crippen LogP contribution is 2.33. The molecule has 1 aromatic carbocycles. The maximum Gasteiger partial charge on any atom is 0.320 e. The van der Waals surface area contributed by atoms with E-state index in [4.69, 9.17) is 10.2 Å². The third-order valence-electron chi connectivity index (χ3n) is 5.53. The summed E-state index contributed by atoms with van der Waals surface area (Å²) in [4.78, 5) is 21.5. The van der Waals surface area contributed by atoms with E-state index < -0.39 is 6.03 Å². The molecule has 34 heavy (non-hydrogen) atoms. The van der Waals surface area contributed by atoms with Crippen LogP contribution in [0.3, 0.4) is 0 Å².